The molecule has 1 rings (SSSR count). The minimum Gasteiger partial charge on any atom is -0.354 e. The first kappa shape index (κ1) is 17.2. The Morgan fingerprint density at radius 3 is 2.45 bits per heavy atom. The fourth-order valence-corrected chi connectivity index (χ4v) is 2.19. The van der Waals surface area contributed by atoms with Gasteiger partial charge in [0.05, 0.1) is 0 Å². The maximum absolute atomic E-state index is 11.6. The van der Waals surface area contributed by atoms with E-state index >= 15 is 0 Å². The van der Waals surface area contributed by atoms with Gasteiger partial charge < -0.3 is 10.6 Å². The van der Waals surface area contributed by atoms with Crippen LogP contribution in [0.1, 0.15) is 39.2 Å². The molecule has 1 aromatic carbocycles. The summed E-state index contributed by atoms with van der Waals surface area (Å²) in [5, 5.41) is 6.37. The second-order valence-electron chi connectivity index (χ2n) is 5.31. The lowest BCUT2D eigenvalue weighted by Crippen LogP contribution is -2.36. The highest BCUT2D eigenvalue weighted by atomic mass is 79.9. The fourth-order valence-electron chi connectivity index (χ4n) is 1.93. The molecule has 0 aliphatic heterocycles. The number of rotatable bonds is 8. The highest BCUT2D eigenvalue weighted by molar-refractivity contribution is 9.10. The lowest BCUT2D eigenvalue weighted by Gasteiger charge is -2.15. The van der Waals surface area contributed by atoms with E-state index in [9.17, 15) is 4.79 Å². The third-order valence-corrected chi connectivity index (χ3v) is 3.85. The van der Waals surface area contributed by atoms with Gasteiger partial charge in [0.1, 0.15) is 0 Å². The van der Waals surface area contributed by atoms with Gasteiger partial charge in [-0.15, -0.1) is 0 Å². The Kier molecular flexibility index (Phi) is 7.85. The van der Waals surface area contributed by atoms with Crippen molar-refractivity contribution in [2.45, 2.75) is 52.1 Å². The van der Waals surface area contributed by atoms with Crippen LogP contribution in [0.15, 0.2) is 28.7 Å². The number of hydrogen-bond acceptors (Lipinski definition) is 2. The van der Waals surface area contributed by atoms with Gasteiger partial charge in [0.15, 0.2) is 0 Å². The highest BCUT2D eigenvalue weighted by Crippen LogP contribution is 2.11. The van der Waals surface area contributed by atoms with Gasteiger partial charge >= 0.3 is 0 Å². The Hall–Kier alpha value is -0.870. The molecule has 0 radical (unpaired) electrons. The second-order valence-corrected chi connectivity index (χ2v) is 6.23. The molecule has 0 fully saturated rings. The van der Waals surface area contributed by atoms with Crippen LogP contribution in [0.2, 0.25) is 0 Å². The van der Waals surface area contributed by atoms with Gasteiger partial charge in [0.25, 0.3) is 0 Å². The molecule has 4 heteroatoms. The van der Waals surface area contributed by atoms with Gasteiger partial charge in [-0.2, -0.15) is 0 Å². The maximum atomic E-state index is 11.6. The summed E-state index contributed by atoms with van der Waals surface area (Å²) in [5.41, 5.74) is 1.30. The Bertz CT molecular complexity index is 405. The quantitative estimate of drug-likeness (QED) is 0.762. The van der Waals surface area contributed by atoms with Crippen molar-refractivity contribution in [2.24, 2.45) is 0 Å². The molecule has 0 spiro atoms. The number of hydrogen-bond donors (Lipinski definition) is 2. The number of nitrogens with one attached hydrogen (secondary N) is 2. The lowest BCUT2D eigenvalue weighted by molar-refractivity contribution is -0.121. The Balaban J connectivity index is 2.21. The second kappa shape index (κ2) is 9.14. The Morgan fingerprint density at radius 2 is 1.85 bits per heavy atom. The zero-order chi connectivity index (χ0) is 15.0. The maximum Gasteiger partial charge on any atom is 0.221 e. The molecule has 20 heavy (non-hydrogen) atoms. The topological polar surface area (TPSA) is 41.1 Å². The van der Waals surface area contributed by atoms with Crippen molar-refractivity contribution < 1.29 is 4.79 Å². The van der Waals surface area contributed by atoms with Crippen LogP contribution in [0.25, 0.3) is 0 Å². The van der Waals surface area contributed by atoms with E-state index < -0.39 is 0 Å². The van der Waals surface area contributed by atoms with Gasteiger partial charge in [-0.1, -0.05) is 35.0 Å². The summed E-state index contributed by atoms with van der Waals surface area (Å²) in [7, 11) is 0. The van der Waals surface area contributed by atoms with Crippen molar-refractivity contribution in [2.75, 3.05) is 6.54 Å². The minimum absolute atomic E-state index is 0.127. The number of amides is 1. The number of halogens is 1. The van der Waals surface area contributed by atoms with Gasteiger partial charge in [0, 0.05) is 29.5 Å². The fraction of sp³-hybridized carbons (Fsp3) is 0.562. The van der Waals surface area contributed by atoms with Crippen LogP contribution in [0.4, 0.5) is 0 Å². The van der Waals surface area contributed by atoms with Crippen molar-refractivity contribution in [3.05, 3.63) is 34.3 Å². The molecule has 2 unspecified atom stereocenters. The first-order valence-corrected chi connectivity index (χ1v) is 8.07. The van der Waals surface area contributed by atoms with Gasteiger partial charge in [0.2, 0.25) is 5.91 Å². The van der Waals surface area contributed by atoms with Crippen LogP contribution in [0.3, 0.4) is 0 Å². The van der Waals surface area contributed by atoms with Crippen LogP contribution in [0.5, 0.6) is 0 Å². The van der Waals surface area contributed by atoms with E-state index in [4.69, 9.17) is 0 Å². The standard InChI is InChI=1S/C16H25BrN2O/c1-4-12(2)19-16(20)9-10-18-13(3)11-14-5-7-15(17)8-6-14/h5-8,12-13,18H,4,9-11H2,1-3H3,(H,19,20). The predicted molar refractivity (Wildman–Crippen MR) is 87.8 cm³/mol. The Morgan fingerprint density at radius 1 is 1.20 bits per heavy atom. The smallest absolute Gasteiger partial charge is 0.221 e. The summed E-state index contributed by atoms with van der Waals surface area (Å²) < 4.78 is 1.10. The summed E-state index contributed by atoms with van der Waals surface area (Å²) in [6, 6.07) is 8.99. The normalized spacial score (nSPS) is 13.8. The molecule has 0 bridgehead atoms. The van der Waals surface area contributed by atoms with Crippen LogP contribution < -0.4 is 10.6 Å². The first-order chi connectivity index (χ1) is 9.51. The summed E-state index contributed by atoms with van der Waals surface area (Å²) in [5.74, 6) is 0.127. The predicted octanol–water partition coefficient (Wildman–Crippen LogP) is 3.27. The molecular weight excluding hydrogens is 316 g/mol. The van der Waals surface area contributed by atoms with Crippen molar-refractivity contribution in [3.8, 4) is 0 Å². The van der Waals surface area contributed by atoms with E-state index in [-0.39, 0.29) is 11.9 Å². The Labute approximate surface area is 130 Å². The molecule has 0 aromatic heterocycles. The number of benzene rings is 1. The zero-order valence-corrected chi connectivity index (χ0v) is 14.2. The van der Waals surface area contributed by atoms with E-state index in [1.54, 1.807) is 0 Å². The third-order valence-electron chi connectivity index (χ3n) is 3.32. The molecule has 0 saturated carbocycles. The average molecular weight is 341 g/mol. The van der Waals surface area contributed by atoms with E-state index in [0.717, 1.165) is 23.9 Å². The highest BCUT2D eigenvalue weighted by Gasteiger charge is 2.07. The number of carbonyl (C=O) groups is 1. The van der Waals surface area contributed by atoms with E-state index in [1.807, 2.05) is 6.92 Å². The third kappa shape index (κ3) is 7.06. The molecule has 2 atom stereocenters. The summed E-state index contributed by atoms with van der Waals surface area (Å²) in [6.45, 7) is 6.97. The molecule has 1 amide bonds. The van der Waals surface area contributed by atoms with E-state index in [2.05, 4.69) is 64.7 Å². The molecule has 0 aliphatic rings. The average Bonchev–Trinajstić information content (AvgIpc) is 2.41. The largest absolute Gasteiger partial charge is 0.354 e. The molecule has 1 aromatic rings. The van der Waals surface area contributed by atoms with E-state index in [1.165, 1.54) is 5.56 Å². The van der Waals surface area contributed by atoms with Crippen LogP contribution in [0, 0.1) is 0 Å². The molecule has 3 nitrogen and oxygen atoms in total. The molecule has 112 valence electrons. The van der Waals surface area contributed by atoms with Crippen molar-refractivity contribution in [1.82, 2.24) is 10.6 Å². The minimum atomic E-state index is 0.127. The molecule has 0 saturated heterocycles. The summed E-state index contributed by atoms with van der Waals surface area (Å²) >= 11 is 3.43. The molecule has 0 heterocycles. The lowest BCUT2D eigenvalue weighted by atomic mass is 10.1. The van der Waals surface area contributed by atoms with Crippen LogP contribution in [-0.4, -0.2) is 24.5 Å². The van der Waals surface area contributed by atoms with Crippen LogP contribution >= 0.6 is 15.9 Å². The SMILES string of the molecule is CCC(C)NC(=O)CCNC(C)Cc1ccc(Br)cc1. The van der Waals surface area contributed by atoms with E-state index in [0.29, 0.717) is 12.5 Å². The molecular formula is C16H25BrN2O. The first-order valence-electron chi connectivity index (χ1n) is 7.28. The van der Waals surface area contributed by atoms with Gasteiger partial charge in [-0.05, 0) is 44.4 Å². The van der Waals surface area contributed by atoms with Gasteiger partial charge in [-0.3, -0.25) is 4.79 Å². The van der Waals surface area contributed by atoms with Crippen molar-refractivity contribution in [3.63, 3.8) is 0 Å². The van der Waals surface area contributed by atoms with Crippen molar-refractivity contribution in [1.29, 1.82) is 0 Å². The molecule has 2 N–H and O–H groups in total. The summed E-state index contributed by atoms with van der Waals surface area (Å²) in [4.78, 5) is 11.6. The van der Waals surface area contributed by atoms with Crippen molar-refractivity contribution >= 4 is 21.8 Å². The molecule has 0 aliphatic carbocycles. The van der Waals surface area contributed by atoms with Gasteiger partial charge in [-0.25, -0.2) is 0 Å². The summed E-state index contributed by atoms with van der Waals surface area (Å²) in [6.07, 6.45) is 2.48. The monoisotopic (exact) mass is 340 g/mol. The van der Waals surface area contributed by atoms with Crippen LogP contribution in [-0.2, 0) is 11.2 Å². The number of carbonyl (C=O) groups excluding carboxylic acids is 1. The zero-order valence-electron chi connectivity index (χ0n) is 12.6.